The van der Waals surface area contributed by atoms with Crippen LogP contribution in [0.3, 0.4) is 0 Å². The van der Waals surface area contributed by atoms with Gasteiger partial charge in [-0.3, -0.25) is 4.79 Å². The number of thioether (sulfide) groups is 1. The molecule has 0 N–H and O–H groups in total. The number of hydrogen-bond donors (Lipinski definition) is 0. The molecule has 4 rings (SSSR count). The first-order valence-corrected chi connectivity index (χ1v) is 9.78. The Morgan fingerprint density at radius 2 is 1.74 bits per heavy atom. The summed E-state index contributed by atoms with van der Waals surface area (Å²) in [5.74, 6) is 1.12. The number of hydrogen-bond acceptors (Lipinski definition) is 4. The fraction of sp³-hybridized carbons (Fsp3) is 0.0952. The number of benzene rings is 3. The maximum absolute atomic E-state index is 12.6. The number of carbonyl (C=O) groups excluding carboxylic acids is 1. The van der Waals surface area contributed by atoms with E-state index in [0.29, 0.717) is 21.5 Å². The minimum Gasteiger partial charge on any atom is -0.305 e. The third kappa shape index (κ3) is 3.75. The van der Waals surface area contributed by atoms with Crippen LogP contribution in [-0.2, 0) is 7.05 Å². The van der Waals surface area contributed by atoms with Crippen LogP contribution >= 0.6 is 23.4 Å². The zero-order valence-electron chi connectivity index (χ0n) is 14.6. The second-order valence-corrected chi connectivity index (χ2v) is 7.52. The van der Waals surface area contributed by atoms with Gasteiger partial charge in [0, 0.05) is 23.2 Å². The molecule has 0 aliphatic carbocycles. The molecule has 0 amide bonds. The molecular formula is C21H16ClN3OS. The van der Waals surface area contributed by atoms with Crippen LogP contribution in [0.1, 0.15) is 10.4 Å². The number of fused-ring (bicyclic) bond motifs is 1. The number of nitrogens with zero attached hydrogens (tertiary/aromatic N) is 3. The Bertz CT molecular complexity index is 1120. The molecule has 6 heteroatoms. The largest absolute Gasteiger partial charge is 0.305 e. The van der Waals surface area contributed by atoms with Crippen LogP contribution in [0.25, 0.3) is 22.2 Å². The van der Waals surface area contributed by atoms with Gasteiger partial charge < -0.3 is 4.57 Å². The molecule has 0 fully saturated rings. The highest BCUT2D eigenvalue weighted by molar-refractivity contribution is 7.99. The maximum atomic E-state index is 12.6. The zero-order chi connectivity index (χ0) is 18.8. The lowest BCUT2D eigenvalue weighted by atomic mass is 10.1. The van der Waals surface area contributed by atoms with Crippen molar-refractivity contribution in [2.75, 3.05) is 5.75 Å². The first-order valence-electron chi connectivity index (χ1n) is 8.42. The number of rotatable bonds is 5. The standard InChI is InChI=1S/C21H16ClN3OS/c1-25-20(15-8-10-18(22)11-9-15)23-24-21(25)27-13-19(26)17-7-6-14-4-2-3-5-16(14)12-17/h2-12H,13H2,1H3. The van der Waals surface area contributed by atoms with Crippen molar-refractivity contribution in [1.82, 2.24) is 14.8 Å². The molecule has 0 radical (unpaired) electrons. The van der Waals surface area contributed by atoms with Crippen LogP contribution in [-0.4, -0.2) is 26.3 Å². The highest BCUT2D eigenvalue weighted by Crippen LogP contribution is 2.25. The van der Waals surface area contributed by atoms with Crippen LogP contribution in [0, 0.1) is 0 Å². The summed E-state index contributed by atoms with van der Waals surface area (Å²) in [4.78, 5) is 12.6. The van der Waals surface area contributed by atoms with Crippen molar-refractivity contribution < 1.29 is 4.79 Å². The quantitative estimate of drug-likeness (QED) is 0.342. The van der Waals surface area contributed by atoms with Crippen LogP contribution in [0.15, 0.2) is 71.9 Å². The number of Topliss-reactive ketones (excluding diaryl/α,β-unsaturated/α-hetero) is 1. The predicted molar refractivity (Wildman–Crippen MR) is 110 cm³/mol. The molecule has 3 aromatic carbocycles. The minimum atomic E-state index is 0.0711. The SMILES string of the molecule is Cn1c(SCC(=O)c2ccc3ccccc3c2)nnc1-c1ccc(Cl)cc1. The first kappa shape index (κ1) is 17.8. The van der Waals surface area contributed by atoms with E-state index < -0.39 is 0 Å². The van der Waals surface area contributed by atoms with Crippen molar-refractivity contribution in [3.63, 3.8) is 0 Å². The van der Waals surface area contributed by atoms with Crippen molar-refractivity contribution in [3.05, 3.63) is 77.3 Å². The number of carbonyl (C=O) groups is 1. The summed E-state index contributed by atoms with van der Waals surface area (Å²) in [6, 6.07) is 21.3. The van der Waals surface area contributed by atoms with Gasteiger partial charge in [-0.1, -0.05) is 59.8 Å². The topological polar surface area (TPSA) is 47.8 Å². The summed E-state index contributed by atoms with van der Waals surface area (Å²) in [7, 11) is 1.90. The van der Waals surface area contributed by atoms with E-state index in [1.54, 1.807) is 0 Å². The van der Waals surface area contributed by atoms with Crippen molar-refractivity contribution in [2.24, 2.45) is 7.05 Å². The Morgan fingerprint density at radius 3 is 2.52 bits per heavy atom. The van der Waals surface area contributed by atoms with E-state index in [9.17, 15) is 4.79 Å². The Hall–Kier alpha value is -2.63. The number of aromatic nitrogens is 3. The molecule has 0 saturated heterocycles. The van der Waals surface area contributed by atoms with Crippen LogP contribution in [0.2, 0.25) is 5.02 Å². The van der Waals surface area contributed by atoms with Crippen molar-refractivity contribution in [3.8, 4) is 11.4 Å². The van der Waals surface area contributed by atoms with Gasteiger partial charge in [-0.25, -0.2) is 0 Å². The third-order valence-electron chi connectivity index (χ3n) is 4.34. The summed E-state index contributed by atoms with van der Waals surface area (Å²) in [5.41, 5.74) is 1.64. The Kier molecular flexibility index (Phi) is 4.97. The first-order chi connectivity index (χ1) is 13.1. The van der Waals surface area contributed by atoms with E-state index in [-0.39, 0.29) is 5.78 Å². The van der Waals surface area contributed by atoms with Crippen LogP contribution in [0.4, 0.5) is 0 Å². The van der Waals surface area contributed by atoms with Gasteiger partial charge in [0.2, 0.25) is 0 Å². The van der Waals surface area contributed by atoms with Gasteiger partial charge >= 0.3 is 0 Å². The lowest BCUT2D eigenvalue weighted by Gasteiger charge is -2.05. The molecule has 1 aromatic heterocycles. The zero-order valence-corrected chi connectivity index (χ0v) is 16.2. The Morgan fingerprint density at radius 1 is 1.00 bits per heavy atom. The monoisotopic (exact) mass is 393 g/mol. The smallest absolute Gasteiger partial charge is 0.191 e. The second kappa shape index (κ2) is 7.55. The van der Waals surface area contributed by atoms with Gasteiger partial charge in [-0.15, -0.1) is 10.2 Å². The summed E-state index contributed by atoms with van der Waals surface area (Å²) < 4.78 is 1.89. The Balaban J connectivity index is 1.49. The molecule has 134 valence electrons. The van der Waals surface area contributed by atoms with E-state index in [1.165, 1.54) is 11.8 Å². The summed E-state index contributed by atoms with van der Waals surface area (Å²) >= 11 is 7.33. The third-order valence-corrected chi connectivity index (χ3v) is 5.61. The van der Waals surface area contributed by atoms with Gasteiger partial charge in [0.15, 0.2) is 16.8 Å². The fourth-order valence-corrected chi connectivity index (χ4v) is 3.80. The molecule has 0 saturated carbocycles. The van der Waals surface area contributed by atoms with E-state index in [1.807, 2.05) is 78.3 Å². The van der Waals surface area contributed by atoms with Crippen LogP contribution < -0.4 is 0 Å². The van der Waals surface area contributed by atoms with Gasteiger partial charge in [0.1, 0.15) is 0 Å². The van der Waals surface area contributed by atoms with Gasteiger partial charge in [-0.05, 0) is 41.1 Å². The normalized spacial score (nSPS) is 11.0. The summed E-state index contributed by atoms with van der Waals surface area (Å²) in [5, 5.41) is 12.0. The van der Waals surface area contributed by atoms with E-state index >= 15 is 0 Å². The molecule has 27 heavy (non-hydrogen) atoms. The van der Waals surface area contributed by atoms with Gasteiger partial charge in [0.25, 0.3) is 0 Å². The molecule has 1 heterocycles. The van der Waals surface area contributed by atoms with Crippen molar-refractivity contribution >= 4 is 39.9 Å². The fourth-order valence-electron chi connectivity index (χ4n) is 2.87. The van der Waals surface area contributed by atoms with Gasteiger partial charge in [-0.2, -0.15) is 0 Å². The van der Waals surface area contributed by atoms with Crippen molar-refractivity contribution in [2.45, 2.75) is 5.16 Å². The molecule has 0 bridgehead atoms. The molecule has 4 nitrogen and oxygen atoms in total. The lowest BCUT2D eigenvalue weighted by molar-refractivity contribution is 0.102. The highest BCUT2D eigenvalue weighted by Gasteiger charge is 2.14. The summed E-state index contributed by atoms with van der Waals surface area (Å²) in [6.07, 6.45) is 0. The van der Waals surface area contributed by atoms with Crippen molar-refractivity contribution in [1.29, 1.82) is 0 Å². The predicted octanol–water partition coefficient (Wildman–Crippen LogP) is 5.26. The molecule has 4 aromatic rings. The molecular weight excluding hydrogens is 378 g/mol. The minimum absolute atomic E-state index is 0.0711. The molecule has 0 aliphatic heterocycles. The number of ketones is 1. The summed E-state index contributed by atoms with van der Waals surface area (Å²) in [6.45, 7) is 0. The number of halogens is 1. The van der Waals surface area contributed by atoms with E-state index in [2.05, 4.69) is 10.2 Å². The molecule has 0 aliphatic rings. The maximum Gasteiger partial charge on any atom is 0.191 e. The average molecular weight is 394 g/mol. The van der Waals surface area contributed by atoms with E-state index in [0.717, 1.165) is 22.2 Å². The average Bonchev–Trinajstić information content (AvgIpc) is 3.07. The molecule has 0 atom stereocenters. The second-order valence-electron chi connectivity index (χ2n) is 6.15. The Labute approximate surface area is 166 Å². The van der Waals surface area contributed by atoms with E-state index in [4.69, 9.17) is 11.6 Å². The van der Waals surface area contributed by atoms with Crippen LogP contribution in [0.5, 0.6) is 0 Å². The molecule has 0 spiro atoms. The lowest BCUT2D eigenvalue weighted by Crippen LogP contribution is -2.04. The molecule has 0 unspecified atom stereocenters. The highest BCUT2D eigenvalue weighted by atomic mass is 35.5. The van der Waals surface area contributed by atoms with Gasteiger partial charge in [0.05, 0.1) is 5.75 Å².